The Morgan fingerprint density at radius 2 is 1.83 bits per heavy atom. The van der Waals surface area contributed by atoms with E-state index in [9.17, 15) is 17.6 Å². The minimum atomic E-state index is -4.21. The molecule has 8 nitrogen and oxygen atoms in total. The van der Waals surface area contributed by atoms with Gasteiger partial charge >= 0.3 is 6.09 Å². The Kier molecular flexibility index (Phi) is 6.40. The highest BCUT2D eigenvalue weighted by atomic mass is 32.2. The molecule has 0 spiro atoms. The van der Waals surface area contributed by atoms with Gasteiger partial charge < -0.3 is 14.4 Å². The standard InChI is InChI=1S/C31H32FN3O5S/c1-20-6-9-23(10-7-20)41(37,38)35-27(21-13-16-34(17-14-21)30(36)40-31(2,3)4)19-26-24(12-15-33-29(26)35)25-18-22(32)8-11-28(25)39-5/h6-13,15,18-19H,14,16-17H2,1-5H3/i5D3. The number of halogens is 1. The van der Waals surface area contributed by atoms with Gasteiger partial charge in [-0.05, 0) is 87.7 Å². The van der Waals surface area contributed by atoms with Gasteiger partial charge in [-0.15, -0.1) is 0 Å². The van der Waals surface area contributed by atoms with Crippen LogP contribution in [0.15, 0.2) is 71.8 Å². The average molecular weight is 581 g/mol. The van der Waals surface area contributed by atoms with Gasteiger partial charge in [-0.2, -0.15) is 0 Å². The summed E-state index contributed by atoms with van der Waals surface area (Å²) in [7, 11) is -7.01. The Balaban J connectivity index is 1.71. The second kappa shape index (κ2) is 10.7. The second-order valence-corrected chi connectivity index (χ2v) is 12.6. The van der Waals surface area contributed by atoms with Crippen molar-refractivity contribution >= 4 is 32.7 Å². The number of rotatable bonds is 5. The molecule has 10 heteroatoms. The van der Waals surface area contributed by atoms with Crippen molar-refractivity contribution in [3.8, 4) is 16.9 Å². The van der Waals surface area contributed by atoms with Crippen LogP contribution in [0.25, 0.3) is 27.7 Å². The van der Waals surface area contributed by atoms with Gasteiger partial charge in [0.15, 0.2) is 5.65 Å². The van der Waals surface area contributed by atoms with Crippen LogP contribution in [-0.4, -0.2) is 54.1 Å². The lowest BCUT2D eigenvalue weighted by Gasteiger charge is -2.29. The summed E-state index contributed by atoms with van der Waals surface area (Å²) in [5.74, 6) is -0.730. The fraction of sp³-hybridized carbons (Fsp3) is 0.290. The Morgan fingerprint density at radius 3 is 2.49 bits per heavy atom. The molecule has 0 unspecified atom stereocenters. The van der Waals surface area contributed by atoms with E-state index in [0.717, 1.165) is 21.7 Å². The lowest BCUT2D eigenvalue weighted by atomic mass is 10.0. The molecule has 2 aromatic heterocycles. The van der Waals surface area contributed by atoms with Crippen LogP contribution in [0.2, 0.25) is 0 Å². The van der Waals surface area contributed by atoms with Crippen molar-refractivity contribution in [3.05, 3.63) is 83.9 Å². The number of pyridine rings is 1. The third kappa shape index (κ3) is 5.56. The molecule has 41 heavy (non-hydrogen) atoms. The number of benzene rings is 2. The quantitative estimate of drug-likeness (QED) is 0.271. The summed E-state index contributed by atoms with van der Waals surface area (Å²) in [5, 5.41) is 0.342. The van der Waals surface area contributed by atoms with Gasteiger partial charge in [0.25, 0.3) is 10.0 Å². The molecule has 0 aliphatic carbocycles. The first kappa shape index (κ1) is 24.6. The van der Waals surface area contributed by atoms with Crippen molar-refractivity contribution in [2.24, 2.45) is 0 Å². The van der Waals surface area contributed by atoms with Crippen LogP contribution in [0.5, 0.6) is 5.75 Å². The number of aromatic nitrogens is 2. The summed E-state index contributed by atoms with van der Waals surface area (Å²) >= 11 is 0. The lowest BCUT2D eigenvalue weighted by molar-refractivity contribution is 0.0270. The van der Waals surface area contributed by atoms with Gasteiger partial charge in [0.05, 0.1) is 21.7 Å². The van der Waals surface area contributed by atoms with Gasteiger partial charge in [-0.3, -0.25) is 0 Å². The summed E-state index contributed by atoms with van der Waals surface area (Å²) in [4.78, 5) is 18.7. The van der Waals surface area contributed by atoms with Crippen LogP contribution in [0.4, 0.5) is 9.18 Å². The van der Waals surface area contributed by atoms with Crippen molar-refractivity contribution in [2.75, 3.05) is 20.1 Å². The van der Waals surface area contributed by atoms with Crippen molar-refractivity contribution in [2.45, 2.75) is 44.6 Å². The van der Waals surface area contributed by atoms with Gasteiger partial charge in [0.2, 0.25) is 0 Å². The first-order valence-corrected chi connectivity index (χ1v) is 14.5. The highest BCUT2D eigenvalue weighted by Gasteiger charge is 2.30. The van der Waals surface area contributed by atoms with Crippen molar-refractivity contribution < 1.29 is 31.2 Å². The SMILES string of the molecule is [2H]C([2H])([2H])Oc1ccc(F)cc1-c1ccnc2c1cc(C1=CCN(C(=O)OC(C)(C)C)CC1)n2S(=O)(=O)c1ccc(C)cc1. The molecule has 0 bridgehead atoms. The van der Waals surface area contributed by atoms with E-state index in [1.165, 1.54) is 29.3 Å². The summed E-state index contributed by atoms with van der Waals surface area (Å²) < 4.78 is 77.5. The zero-order valence-electron chi connectivity index (χ0n) is 26.1. The summed E-state index contributed by atoms with van der Waals surface area (Å²) in [5.41, 5.74) is 1.71. The molecule has 4 aromatic rings. The molecule has 0 radical (unpaired) electrons. The number of hydrogen-bond acceptors (Lipinski definition) is 6. The van der Waals surface area contributed by atoms with Crippen LogP contribution in [-0.2, 0) is 14.8 Å². The molecular weight excluding hydrogens is 545 g/mol. The van der Waals surface area contributed by atoms with Gasteiger partial charge in [0, 0.05) is 30.2 Å². The zero-order chi connectivity index (χ0) is 32.0. The molecule has 1 aliphatic heterocycles. The fourth-order valence-corrected chi connectivity index (χ4v) is 6.28. The van der Waals surface area contributed by atoms with E-state index in [1.54, 1.807) is 51.1 Å². The van der Waals surface area contributed by atoms with Crippen LogP contribution in [0.3, 0.4) is 0 Å². The number of fused-ring (bicyclic) bond motifs is 1. The van der Waals surface area contributed by atoms with E-state index >= 15 is 0 Å². The van der Waals surface area contributed by atoms with E-state index in [-0.39, 0.29) is 34.9 Å². The van der Waals surface area contributed by atoms with Crippen LogP contribution in [0, 0.1) is 12.7 Å². The highest BCUT2D eigenvalue weighted by Crippen LogP contribution is 2.39. The fourth-order valence-electron chi connectivity index (χ4n) is 4.79. The minimum absolute atomic E-state index is 0.0398. The summed E-state index contributed by atoms with van der Waals surface area (Å²) in [6.45, 7) is 7.67. The largest absolute Gasteiger partial charge is 0.496 e. The number of aryl methyl sites for hydroxylation is 1. The predicted molar refractivity (Wildman–Crippen MR) is 156 cm³/mol. The Morgan fingerprint density at radius 1 is 1.07 bits per heavy atom. The number of hydrogen-bond donors (Lipinski definition) is 0. The molecule has 5 rings (SSSR count). The normalized spacial score (nSPS) is 15.6. The molecule has 0 N–H and O–H groups in total. The van der Waals surface area contributed by atoms with E-state index < -0.39 is 34.6 Å². The smallest absolute Gasteiger partial charge is 0.410 e. The first-order valence-electron chi connectivity index (χ1n) is 14.5. The minimum Gasteiger partial charge on any atom is -0.496 e. The van der Waals surface area contributed by atoms with E-state index in [4.69, 9.17) is 13.6 Å². The monoisotopic (exact) mass is 580 g/mol. The molecular formula is C31H32FN3O5S. The van der Waals surface area contributed by atoms with E-state index in [2.05, 4.69) is 4.98 Å². The van der Waals surface area contributed by atoms with Crippen molar-refractivity contribution in [3.63, 3.8) is 0 Å². The van der Waals surface area contributed by atoms with Crippen LogP contribution >= 0.6 is 0 Å². The van der Waals surface area contributed by atoms with Gasteiger partial charge in [0.1, 0.15) is 17.2 Å². The van der Waals surface area contributed by atoms with E-state index in [1.807, 2.05) is 6.92 Å². The maximum Gasteiger partial charge on any atom is 0.410 e. The number of ether oxygens (including phenoxy) is 2. The molecule has 0 saturated heterocycles. The maximum atomic E-state index is 14.5. The molecule has 214 valence electrons. The molecule has 2 aromatic carbocycles. The Hall–Kier alpha value is -4.18. The number of carbonyl (C=O) groups excluding carboxylic acids is 1. The number of methoxy groups -OCH3 is 1. The van der Waals surface area contributed by atoms with Crippen molar-refractivity contribution in [1.29, 1.82) is 0 Å². The van der Waals surface area contributed by atoms with Crippen molar-refractivity contribution in [1.82, 2.24) is 13.9 Å². The number of carbonyl (C=O) groups is 1. The zero-order valence-corrected chi connectivity index (χ0v) is 24.0. The van der Waals surface area contributed by atoms with Crippen LogP contribution in [0.1, 0.15) is 42.6 Å². The summed E-state index contributed by atoms with van der Waals surface area (Å²) in [6, 6.07) is 13.1. The third-order valence-corrected chi connectivity index (χ3v) is 8.47. The number of nitrogens with zero attached hydrogens (tertiary/aromatic N) is 3. The molecule has 0 saturated carbocycles. The van der Waals surface area contributed by atoms with Gasteiger partial charge in [-0.1, -0.05) is 23.8 Å². The molecule has 0 atom stereocenters. The summed E-state index contributed by atoms with van der Waals surface area (Å²) in [6.07, 6.45) is 3.00. The average Bonchev–Trinajstić information content (AvgIpc) is 3.33. The lowest BCUT2D eigenvalue weighted by Crippen LogP contribution is -2.39. The molecule has 1 amide bonds. The molecule has 0 fully saturated rings. The third-order valence-electron chi connectivity index (χ3n) is 6.75. The Labute approximate surface area is 243 Å². The van der Waals surface area contributed by atoms with Crippen LogP contribution < -0.4 is 4.74 Å². The topological polar surface area (TPSA) is 90.7 Å². The van der Waals surface area contributed by atoms with E-state index in [0.29, 0.717) is 28.6 Å². The number of amides is 1. The first-order chi connectivity index (χ1) is 20.5. The predicted octanol–water partition coefficient (Wildman–Crippen LogP) is 6.42. The molecule has 1 aliphatic rings. The molecule has 3 heterocycles. The van der Waals surface area contributed by atoms with Gasteiger partial charge in [-0.25, -0.2) is 26.6 Å². The highest BCUT2D eigenvalue weighted by molar-refractivity contribution is 7.90. The Bertz CT molecular complexity index is 1880. The second-order valence-electron chi connectivity index (χ2n) is 10.9. The maximum absolute atomic E-state index is 14.5.